The lowest BCUT2D eigenvalue weighted by atomic mass is 10.0. The van der Waals surface area contributed by atoms with Crippen molar-refractivity contribution < 1.29 is 19.1 Å². The van der Waals surface area contributed by atoms with Crippen LogP contribution in [0.4, 0.5) is 0 Å². The topological polar surface area (TPSA) is 86.9 Å². The maximum atomic E-state index is 13.1. The van der Waals surface area contributed by atoms with E-state index in [1.165, 1.54) is 0 Å². The van der Waals surface area contributed by atoms with E-state index in [2.05, 4.69) is 4.98 Å². The molecule has 1 saturated carbocycles. The predicted molar refractivity (Wildman–Crippen MR) is 120 cm³/mol. The van der Waals surface area contributed by atoms with E-state index in [0.717, 1.165) is 22.2 Å². The molecule has 1 aliphatic heterocycles. The molecule has 7 heteroatoms. The summed E-state index contributed by atoms with van der Waals surface area (Å²) >= 11 is 0. The molecule has 1 N–H and O–H groups in total. The first-order valence-electron chi connectivity index (χ1n) is 11.1. The summed E-state index contributed by atoms with van der Waals surface area (Å²) in [6.07, 6.45) is 1.05. The van der Waals surface area contributed by atoms with Crippen LogP contribution in [0.2, 0.25) is 0 Å². The first-order chi connectivity index (χ1) is 15.2. The fraction of sp³-hybridized carbons (Fsp3) is 0.400. The van der Waals surface area contributed by atoms with E-state index in [4.69, 9.17) is 4.42 Å². The lowest BCUT2D eigenvalue weighted by molar-refractivity contribution is -0.150. The number of carbonyl (C=O) groups is 2. The number of aryl methyl sites for hydroxylation is 1. The van der Waals surface area contributed by atoms with E-state index >= 15 is 0 Å². The molecule has 2 aliphatic rings. The summed E-state index contributed by atoms with van der Waals surface area (Å²) in [5.41, 5.74) is 2.86. The van der Waals surface area contributed by atoms with Crippen LogP contribution in [0, 0.1) is 6.92 Å². The second-order valence-corrected chi connectivity index (χ2v) is 9.22. The van der Waals surface area contributed by atoms with Crippen LogP contribution in [0.5, 0.6) is 0 Å². The number of aliphatic hydroxyl groups is 1. The number of benzene rings is 2. The Hall–Kier alpha value is -3.19. The highest BCUT2D eigenvalue weighted by molar-refractivity contribution is 5.95. The van der Waals surface area contributed by atoms with Gasteiger partial charge in [0.05, 0.1) is 0 Å². The SMILES string of the molecule is Cc1ccc2nc(-c3ccc(C(=O)N4C[C@@H](C)N(C(=O)C5(O)CC5)[C@@H](C)C4)cc3)oc2c1. The van der Waals surface area contributed by atoms with E-state index in [0.29, 0.717) is 37.4 Å². The van der Waals surface area contributed by atoms with Gasteiger partial charge in [-0.1, -0.05) is 6.07 Å². The Morgan fingerprint density at radius 1 is 1.06 bits per heavy atom. The Morgan fingerprint density at radius 3 is 2.34 bits per heavy atom. The summed E-state index contributed by atoms with van der Waals surface area (Å²) in [5, 5.41) is 10.2. The monoisotopic (exact) mass is 433 g/mol. The molecule has 0 unspecified atom stereocenters. The molecule has 166 valence electrons. The number of hydrogen-bond acceptors (Lipinski definition) is 5. The van der Waals surface area contributed by atoms with Crippen LogP contribution in [-0.2, 0) is 4.79 Å². The highest BCUT2D eigenvalue weighted by Crippen LogP contribution is 2.38. The number of piperazine rings is 1. The fourth-order valence-corrected chi connectivity index (χ4v) is 4.55. The van der Waals surface area contributed by atoms with Crippen molar-refractivity contribution in [3.05, 3.63) is 53.6 Å². The number of carbonyl (C=O) groups excluding carboxylic acids is 2. The van der Waals surface area contributed by atoms with E-state index < -0.39 is 5.60 Å². The number of amides is 2. The quantitative estimate of drug-likeness (QED) is 0.684. The summed E-state index contributed by atoms with van der Waals surface area (Å²) in [6.45, 7) is 6.75. The average molecular weight is 434 g/mol. The first kappa shape index (κ1) is 20.7. The number of rotatable bonds is 3. The smallest absolute Gasteiger partial charge is 0.255 e. The first-order valence-corrected chi connectivity index (χ1v) is 11.1. The van der Waals surface area contributed by atoms with E-state index in [1.807, 2.05) is 51.1 Å². The van der Waals surface area contributed by atoms with Gasteiger partial charge in [0.25, 0.3) is 11.8 Å². The molecule has 0 bridgehead atoms. The van der Waals surface area contributed by atoms with Gasteiger partial charge in [-0.2, -0.15) is 0 Å². The summed E-state index contributed by atoms with van der Waals surface area (Å²) in [7, 11) is 0. The Kier molecular flexibility index (Phi) is 4.82. The van der Waals surface area contributed by atoms with Crippen molar-refractivity contribution in [3.63, 3.8) is 0 Å². The Balaban J connectivity index is 1.31. The average Bonchev–Trinajstić information content (AvgIpc) is 3.38. The lowest BCUT2D eigenvalue weighted by Crippen LogP contribution is -2.62. The van der Waals surface area contributed by atoms with Crippen LogP contribution >= 0.6 is 0 Å². The third-order valence-corrected chi connectivity index (χ3v) is 6.49. The fourth-order valence-electron chi connectivity index (χ4n) is 4.55. The summed E-state index contributed by atoms with van der Waals surface area (Å²) in [4.78, 5) is 33.9. The van der Waals surface area contributed by atoms with Crippen LogP contribution in [0.15, 0.2) is 46.9 Å². The second-order valence-electron chi connectivity index (χ2n) is 9.22. The molecule has 7 nitrogen and oxygen atoms in total. The molecular weight excluding hydrogens is 406 g/mol. The molecule has 32 heavy (non-hydrogen) atoms. The van der Waals surface area contributed by atoms with Crippen molar-refractivity contribution in [3.8, 4) is 11.5 Å². The van der Waals surface area contributed by atoms with Crippen molar-refractivity contribution in [1.82, 2.24) is 14.8 Å². The molecule has 1 saturated heterocycles. The van der Waals surface area contributed by atoms with Crippen LogP contribution in [0.25, 0.3) is 22.6 Å². The van der Waals surface area contributed by atoms with Crippen molar-refractivity contribution in [2.24, 2.45) is 0 Å². The van der Waals surface area contributed by atoms with Crippen molar-refractivity contribution in [2.45, 2.75) is 51.3 Å². The maximum Gasteiger partial charge on any atom is 0.255 e. The molecule has 2 aromatic carbocycles. The van der Waals surface area contributed by atoms with Gasteiger partial charge in [0, 0.05) is 36.3 Å². The zero-order valence-electron chi connectivity index (χ0n) is 18.5. The van der Waals surface area contributed by atoms with Crippen LogP contribution < -0.4 is 0 Å². The largest absolute Gasteiger partial charge is 0.436 e. The minimum atomic E-state index is -1.19. The zero-order chi connectivity index (χ0) is 22.6. The molecule has 2 amide bonds. The van der Waals surface area contributed by atoms with E-state index in [-0.39, 0.29) is 23.9 Å². The maximum absolute atomic E-state index is 13.1. The summed E-state index contributed by atoms with van der Waals surface area (Å²) in [5.74, 6) is 0.250. The number of fused-ring (bicyclic) bond motifs is 1. The zero-order valence-corrected chi connectivity index (χ0v) is 18.5. The van der Waals surface area contributed by atoms with Gasteiger partial charge in [-0.3, -0.25) is 9.59 Å². The molecule has 5 rings (SSSR count). The van der Waals surface area contributed by atoms with E-state index in [9.17, 15) is 14.7 Å². The summed E-state index contributed by atoms with van der Waals surface area (Å²) < 4.78 is 5.88. The molecule has 3 aromatic rings. The van der Waals surface area contributed by atoms with Crippen molar-refractivity contribution in [2.75, 3.05) is 13.1 Å². The number of hydrogen-bond donors (Lipinski definition) is 1. The Bertz CT molecular complexity index is 1180. The Morgan fingerprint density at radius 2 is 1.72 bits per heavy atom. The molecule has 0 radical (unpaired) electrons. The van der Waals surface area contributed by atoms with Crippen molar-refractivity contribution >= 4 is 22.9 Å². The summed E-state index contributed by atoms with van der Waals surface area (Å²) in [6, 6.07) is 12.9. The highest BCUT2D eigenvalue weighted by Gasteiger charge is 2.52. The number of nitrogens with zero attached hydrogens (tertiary/aromatic N) is 3. The number of oxazole rings is 1. The van der Waals surface area contributed by atoms with Gasteiger partial charge in [0.1, 0.15) is 11.1 Å². The van der Waals surface area contributed by atoms with Crippen molar-refractivity contribution in [1.29, 1.82) is 0 Å². The molecular formula is C25H27N3O4. The highest BCUT2D eigenvalue weighted by atomic mass is 16.3. The molecule has 1 aliphatic carbocycles. The third-order valence-electron chi connectivity index (χ3n) is 6.49. The van der Waals surface area contributed by atoms with Gasteiger partial charge >= 0.3 is 0 Å². The van der Waals surface area contributed by atoms with Gasteiger partial charge < -0.3 is 19.3 Å². The van der Waals surface area contributed by atoms with Crippen LogP contribution in [-0.4, -0.2) is 62.5 Å². The standard InChI is InChI=1S/C25H27N3O4/c1-15-4-9-20-21(12-15)32-22(26-20)18-5-7-19(8-6-18)23(29)27-13-16(2)28(17(3)14-27)24(30)25(31)10-11-25/h4-9,12,16-17,31H,10-11,13-14H2,1-3H3/t16-,17+. The number of aromatic nitrogens is 1. The Labute approximate surface area is 186 Å². The van der Waals surface area contributed by atoms with Gasteiger partial charge in [-0.25, -0.2) is 4.98 Å². The molecule has 1 aromatic heterocycles. The van der Waals surface area contributed by atoms with E-state index in [1.54, 1.807) is 21.9 Å². The van der Waals surface area contributed by atoms with Gasteiger partial charge in [-0.15, -0.1) is 0 Å². The molecule has 0 spiro atoms. The predicted octanol–water partition coefficient (Wildman–Crippen LogP) is 3.39. The minimum absolute atomic E-state index is 0.0688. The van der Waals surface area contributed by atoms with Crippen LogP contribution in [0.3, 0.4) is 0 Å². The lowest BCUT2D eigenvalue weighted by Gasteiger charge is -2.45. The van der Waals surface area contributed by atoms with Crippen LogP contribution in [0.1, 0.15) is 42.6 Å². The molecule has 2 fully saturated rings. The normalized spacial score (nSPS) is 22.2. The molecule has 2 heterocycles. The minimum Gasteiger partial charge on any atom is -0.436 e. The van der Waals surface area contributed by atoms with Gasteiger partial charge in [0.2, 0.25) is 5.89 Å². The molecule has 2 atom stereocenters. The van der Waals surface area contributed by atoms with Gasteiger partial charge in [-0.05, 0) is 75.6 Å². The van der Waals surface area contributed by atoms with Gasteiger partial charge in [0.15, 0.2) is 5.58 Å². The third kappa shape index (κ3) is 3.56. The second kappa shape index (κ2) is 7.45.